The molecule has 3 atom stereocenters. The van der Waals surface area contributed by atoms with Crippen molar-refractivity contribution in [1.82, 2.24) is 10.3 Å². The maximum absolute atomic E-state index is 11.6. The van der Waals surface area contributed by atoms with Crippen LogP contribution in [0, 0.1) is 23.2 Å². The summed E-state index contributed by atoms with van der Waals surface area (Å²) in [7, 11) is 1.82. The van der Waals surface area contributed by atoms with E-state index in [0.717, 1.165) is 6.42 Å². The van der Waals surface area contributed by atoms with Gasteiger partial charge in [0.2, 0.25) is 5.84 Å². The molecule has 12 nitrogen and oxygen atoms in total. The zero-order chi connectivity index (χ0) is 24.4. The summed E-state index contributed by atoms with van der Waals surface area (Å²) < 4.78 is 5.57. The summed E-state index contributed by atoms with van der Waals surface area (Å²) in [6.45, 7) is 4.33. The lowest BCUT2D eigenvalue weighted by Crippen LogP contribution is -2.19. The van der Waals surface area contributed by atoms with Crippen LogP contribution in [0.5, 0.6) is 0 Å². The fraction of sp³-hybridized carbons (Fsp3) is 0.476. The molecule has 0 bridgehead atoms. The molecule has 6 N–H and O–H groups in total. The van der Waals surface area contributed by atoms with Crippen molar-refractivity contribution in [2.24, 2.45) is 32.5 Å². The van der Waals surface area contributed by atoms with Crippen molar-refractivity contribution in [3.63, 3.8) is 0 Å². The number of aliphatic carboxylic acids is 1. The second-order valence-corrected chi connectivity index (χ2v) is 7.52. The first-order valence-corrected chi connectivity index (χ1v) is 10.4. The van der Waals surface area contributed by atoms with Crippen LogP contribution in [0.3, 0.4) is 0 Å². The number of carbonyl (C=O) groups excluding carboxylic acids is 1. The summed E-state index contributed by atoms with van der Waals surface area (Å²) in [6, 6.07) is 5.35. The standard InChI is InChI=1S/C21H28N8O4/c1-25-7-5-12(16-4-3-15(23)17(28-16)18(24)30)6-8-27-21(29-19(26-2)20(31)32)33-11-14-9-13(14)10-22/h3-4,12-14,25H,2,5-9,11,23H2,1H3,(H2,24,30)(H,31,32)/b27-21?,29-19-. The largest absolute Gasteiger partial charge is 0.475 e. The van der Waals surface area contributed by atoms with E-state index in [2.05, 4.69) is 38.1 Å². The fourth-order valence-corrected chi connectivity index (χ4v) is 3.11. The number of amides is 1. The van der Waals surface area contributed by atoms with Gasteiger partial charge in [-0.3, -0.25) is 4.79 Å². The van der Waals surface area contributed by atoms with Gasteiger partial charge < -0.3 is 26.6 Å². The third-order valence-corrected chi connectivity index (χ3v) is 5.12. The quantitative estimate of drug-likeness (QED) is 0.289. The number of aliphatic imine (C=N–C) groups is 3. The van der Waals surface area contributed by atoms with E-state index in [9.17, 15) is 9.59 Å². The van der Waals surface area contributed by atoms with Gasteiger partial charge >= 0.3 is 12.0 Å². The third kappa shape index (κ3) is 7.65. The van der Waals surface area contributed by atoms with Crippen LogP contribution >= 0.6 is 0 Å². The highest BCUT2D eigenvalue weighted by atomic mass is 16.5. The smallest absolute Gasteiger partial charge is 0.374 e. The van der Waals surface area contributed by atoms with E-state index in [-0.39, 0.29) is 48.3 Å². The van der Waals surface area contributed by atoms with Crippen molar-refractivity contribution >= 4 is 36.1 Å². The molecule has 33 heavy (non-hydrogen) atoms. The van der Waals surface area contributed by atoms with Gasteiger partial charge in [0.1, 0.15) is 0 Å². The van der Waals surface area contributed by atoms with Gasteiger partial charge in [-0.05, 0) is 51.7 Å². The molecule has 1 fully saturated rings. The lowest BCUT2D eigenvalue weighted by atomic mass is 9.96. The number of hydrogen-bond acceptors (Lipinski definition) is 8. The van der Waals surface area contributed by atoms with Gasteiger partial charge in [0.25, 0.3) is 5.91 Å². The first-order valence-electron chi connectivity index (χ1n) is 10.4. The highest BCUT2D eigenvalue weighted by Crippen LogP contribution is 2.37. The number of anilines is 1. The van der Waals surface area contributed by atoms with Gasteiger partial charge in [-0.25, -0.2) is 19.8 Å². The zero-order valence-corrected chi connectivity index (χ0v) is 18.4. The fourth-order valence-electron chi connectivity index (χ4n) is 3.11. The summed E-state index contributed by atoms with van der Waals surface area (Å²) in [4.78, 5) is 38.7. The van der Waals surface area contributed by atoms with E-state index < -0.39 is 17.7 Å². The van der Waals surface area contributed by atoms with E-state index >= 15 is 0 Å². The van der Waals surface area contributed by atoms with Crippen LogP contribution in [0.15, 0.2) is 27.1 Å². The van der Waals surface area contributed by atoms with Crippen molar-refractivity contribution in [3.05, 3.63) is 23.5 Å². The molecule has 176 valence electrons. The molecule has 0 aromatic carbocycles. The molecule has 0 spiro atoms. The van der Waals surface area contributed by atoms with Crippen LogP contribution in [-0.4, -0.2) is 67.3 Å². The molecule has 1 aliphatic carbocycles. The molecular weight excluding hydrogens is 428 g/mol. The first-order chi connectivity index (χ1) is 15.8. The SMILES string of the molecule is C=N/C(=N\C(=NCCC(CCNC)c1ccc(N)c(C(N)=O)n1)OCC1CC1C#N)C(=O)O. The second-order valence-electron chi connectivity index (χ2n) is 7.52. The van der Waals surface area contributed by atoms with Crippen LogP contribution in [0.25, 0.3) is 0 Å². The number of nitrogens with zero attached hydrogens (tertiary/aromatic N) is 5. The maximum Gasteiger partial charge on any atom is 0.374 e. The van der Waals surface area contributed by atoms with E-state index in [1.807, 2.05) is 7.05 Å². The van der Waals surface area contributed by atoms with Crippen molar-refractivity contribution in [2.45, 2.75) is 25.2 Å². The Kier molecular flexibility index (Phi) is 9.44. The highest BCUT2D eigenvalue weighted by Gasteiger charge is 2.38. The summed E-state index contributed by atoms with van der Waals surface area (Å²) in [5, 5.41) is 21.2. The van der Waals surface area contributed by atoms with Crippen molar-refractivity contribution in [2.75, 3.05) is 32.5 Å². The monoisotopic (exact) mass is 456 g/mol. The molecule has 0 aliphatic heterocycles. The molecule has 12 heteroatoms. The number of amidine groups is 2. The minimum atomic E-state index is -1.36. The van der Waals surface area contributed by atoms with Gasteiger partial charge in [0.15, 0.2) is 5.69 Å². The van der Waals surface area contributed by atoms with Crippen LogP contribution in [0.2, 0.25) is 0 Å². The van der Waals surface area contributed by atoms with Crippen LogP contribution in [-0.2, 0) is 9.53 Å². The number of aromatic nitrogens is 1. The molecule has 2 rings (SSSR count). The van der Waals surface area contributed by atoms with E-state index in [0.29, 0.717) is 25.1 Å². The van der Waals surface area contributed by atoms with Crippen molar-refractivity contribution in [3.8, 4) is 6.07 Å². The number of nitrogen functional groups attached to an aromatic ring is 1. The lowest BCUT2D eigenvalue weighted by molar-refractivity contribution is -0.129. The topological polar surface area (TPSA) is 201 Å². The molecule has 1 aromatic heterocycles. The Morgan fingerprint density at radius 3 is 2.79 bits per heavy atom. The summed E-state index contributed by atoms with van der Waals surface area (Å²) in [5.74, 6) is -2.71. The van der Waals surface area contributed by atoms with Gasteiger partial charge in [-0.15, -0.1) is 0 Å². The van der Waals surface area contributed by atoms with E-state index in [1.54, 1.807) is 12.1 Å². The van der Waals surface area contributed by atoms with E-state index in [4.69, 9.17) is 26.6 Å². The maximum atomic E-state index is 11.6. The molecule has 1 aliphatic rings. The number of pyridine rings is 1. The van der Waals surface area contributed by atoms with Crippen molar-refractivity contribution < 1.29 is 19.4 Å². The number of nitrogens with one attached hydrogen (secondary N) is 1. The number of rotatable bonds is 10. The minimum absolute atomic E-state index is 0.0127. The second kappa shape index (κ2) is 12.3. The Hall–Kier alpha value is -3.85. The van der Waals surface area contributed by atoms with Gasteiger partial charge in [0.05, 0.1) is 24.3 Å². The van der Waals surface area contributed by atoms with Crippen LogP contribution in [0.4, 0.5) is 5.69 Å². The Bertz CT molecular complexity index is 985. The number of carboxylic acid groups (broad SMARTS) is 1. The lowest BCUT2D eigenvalue weighted by Gasteiger charge is -2.17. The van der Waals surface area contributed by atoms with Gasteiger partial charge in [0, 0.05) is 24.1 Å². The molecule has 1 aromatic rings. The van der Waals surface area contributed by atoms with E-state index in [1.165, 1.54) is 0 Å². The Morgan fingerprint density at radius 1 is 1.45 bits per heavy atom. The summed E-state index contributed by atoms with van der Waals surface area (Å²) in [6.07, 6.45) is 1.92. The Morgan fingerprint density at radius 2 is 2.21 bits per heavy atom. The molecule has 0 radical (unpaired) electrons. The molecule has 0 saturated heterocycles. The predicted octanol–water partition coefficient (Wildman–Crippen LogP) is 0.562. The number of carboxylic acids is 1. The average Bonchev–Trinajstić information content (AvgIpc) is 3.56. The number of nitriles is 1. The predicted molar refractivity (Wildman–Crippen MR) is 123 cm³/mol. The van der Waals surface area contributed by atoms with Gasteiger partial charge in [-0.1, -0.05) is 0 Å². The normalized spacial score (nSPS) is 18.8. The minimum Gasteiger partial charge on any atom is -0.475 e. The molecule has 3 unspecified atom stereocenters. The number of nitrogens with two attached hydrogens (primary N) is 2. The average molecular weight is 457 g/mol. The molecular formula is C21H28N8O4. The number of primary amides is 1. The summed E-state index contributed by atoms with van der Waals surface area (Å²) in [5.41, 5.74) is 12.0. The van der Waals surface area contributed by atoms with Crippen LogP contribution in [0.1, 0.15) is 41.4 Å². The number of ether oxygens (including phenoxy) is 1. The third-order valence-electron chi connectivity index (χ3n) is 5.12. The van der Waals surface area contributed by atoms with Crippen molar-refractivity contribution in [1.29, 1.82) is 5.26 Å². The molecule has 1 saturated carbocycles. The molecule has 1 amide bonds. The first kappa shape index (κ1) is 25.4. The zero-order valence-electron chi connectivity index (χ0n) is 18.4. The van der Waals surface area contributed by atoms with Gasteiger partial charge in [-0.2, -0.15) is 10.3 Å². The Balaban J connectivity index is 2.18. The summed E-state index contributed by atoms with van der Waals surface area (Å²) >= 11 is 0. The number of carbonyl (C=O) groups is 2. The number of hydrogen-bond donors (Lipinski definition) is 4. The molecule has 1 heterocycles. The Labute approximate surface area is 191 Å². The highest BCUT2D eigenvalue weighted by molar-refractivity contribution is 6.37. The van der Waals surface area contributed by atoms with Crippen LogP contribution < -0.4 is 16.8 Å².